The molecule has 3 N–H and O–H groups in total. The summed E-state index contributed by atoms with van der Waals surface area (Å²) in [6.45, 7) is 1.97. The maximum atomic E-state index is 12.2. The number of rotatable bonds is 4. The number of nitrogens with one attached hydrogen (secondary N) is 1. The molecule has 0 radical (unpaired) electrons. The van der Waals surface area contributed by atoms with Gasteiger partial charge < -0.3 is 11.1 Å². The average molecular weight is 286 g/mol. The van der Waals surface area contributed by atoms with E-state index in [9.17, 15) is 9.00 Å². The Morgan fingerprint density at radius 3 is 2.68 bits per heavy atom. The van der Waals surface area contributed by atoms with Crippen LogP contribution in [0.3, 0.4) is 0 Å². The zero-order valence-electron chi connectivity index (χ0n) is 11.8. The number of carbonyl (C=O) groups is 1. The fraction of sp³-hybridized carbons (Fsp3) is 0.929. The van der Waals surface area contributed by atoms with Gasteiger partial charge >= 0.3 is 0 Å². The molecule has 0 aliphatic heterocycles. The lowest BCUT2D eigenvalue weighted by molar-refractivity contribution is -0.125. The molecule has 0 saturated heterocycles. The van der Waals surface area contributed by atoms with Crippen LogP contribution in [0.4, 0.5) is 0 Å². The van der Waals surface area contributed by atoms with Crippen LogP contribution in [0.25, 0.3) is 0 Å². The molecule has 5 atom stereocenters. The largest absolute Gasteiger partial charge is 0.353 e. The molecule has 0 bridgehead atoms. The van der Waals surface area contributed by atoms with Gasteiger partial charge in [0.25, 0.3) is 0 Å². The molecule has 2 aliphatic rings. The lowest BCUT2D eigenvalue weighted by Gasteiger charge is -2.29. The molecule has 4 nitrogen and oxygen atoms in total. The second kappa shape index (κ2) is 6.84. The van der Waals surface area contributed by atoms with E-state index >= 15 is 0 Å². The first-order valence-electron chi connectivity index (χ1n) is 7.53. The minimum absolute atomic E-state index is 0.104. The van der Waals surface area contributed by atoms with E-state index in [1.165, 1.54) is 0 Å². The molecule has 2 rings (SSSR count). The molecule has 110 valence electrons. The first-order valence-corrected chi connectivity index (χ1v) is 8.91. The second-order valence-electron chi connectivity index (χ2n) is 5.93. The summed E-state index contributed by atoms with van der Waals surface area (Å²) >= 11 is 0. The second-order valence-corrected chi connectivity index (χ2v) is 7.94. The van der Waals surface area contributed by atoms with E-state index < -0.39 is 10.8 Å². The SMILES string of the molecule is CCS(=O)C1CCCC(NC(=O)C2CCC(N)C2)C1. The van der Waals surface area contributed by atoms with Crippen molar-refractivity contribution in [2.45, 2.75) is 69.2 Å². The van der Waals surface area contributed by atoms with E-state index in [2.05, 4.69) is 5.32 Å². The summed E-state index contributed by atoms with van der Waals surface area (Å²) in [4.78, 5) is 12.2. The highest BCUT2D eigenvalue weighted by Crippen LogP contribution is 2.26. The molecule has 0 aromatic carbocycles. The minimum atomic E-state index is -0.728. The predicted molar refractivity (Wildman–Crippen MR) is 78.2 cm³/mol. The fourth-order valence-electron chi connectivity index (χ4n) is 3.32. The van der Waals surface area contributed by atoms with E-state index in [4.69, 9.17) is 5.73 Å². The van der Waals surface area contributed by atoms with E-state index in [1.54, 1.807) is 0 Å². The number of hydrogen-bond donors (Lipinski definition) is 2. The van der Waals surface area contributed by atoms with Crippen molar-refractivity contribution in [1.82, 2.24) is 5.32 Å². The Morgan fingerprint density at radius 2 is 2.05 bits per heavy atom. The molecule has 2 fully saturated rings. The maximum absolute atomic E-state index is 12.2. The van der Waals surface area contributed by atoms with Gasteiger partial charge in [-0.15, -0.1) is 0 Å². The van der Waals surface area contributed by atoms with Crippen LogP contribution < -0.4 is 11.1 Å². The highest BCUT2D eigenvalue weighted by Gasteiger charge is 2.31. The predicted octanol–water partition coefficient (Wildman–Crippen LogP) is 1.31. The van der Waals surface area contributed by atoms with Gasteiger partial charge in [0.1, 0.15) is 0 Å². The third-order valence-corrected chi connectivity index (χ3v) is 6.21. The van der Waals surface area contributed by atoms with Crippen molar-refractivity contribution in [3.63, 3.8) is 0 Å². The van der Waals surface area contributed by atoms with Crippen molar-refractivity contribution in [3.8, 4) is 0 Å². The Bertz CT molecular complexity index is 348. The molecule has 0 heterocycles. The Hall–Kier alpha value is -0.420. The molecule has 5 heteroatoms. The summed E-state index contributed by atoms with van der Waals surface area (Å²) in [5, 5.41) is 3.43. The standard InChI is InChI=1S/C14H26N2O2S/c1-2-19(18)13-5-3-4-12(9-13)16-14(17)10-6-7-11(15)8-10/h10-13H,2-9,15H2,1H3,(H,16,17). The van der Waals surface area contributed by atoms with E-state index in [0.29, 0.717) is 0 Å². The Balaban J connectivity index is 1.82. The molecule has 1 amide bonds. The van der Waals surface area contributed by atoms with Gasteiger partial charge in [0, 0.05) is 39.8 Å². The van der Waals surface area contributed by atoms with Crippen LogP contribution in [0.1, 0.15) is 51.9 Å². The van der Waals surface area contributed by atoms with Gasteiger partial charge in [0.2, 0.25) is 5.91 Å². The number of carbonyl (C=O) groups excluding carboxylic acids is 1. The summed E-state index contributed by atoms with van der Waals surface area (Å²) in [5.41, 5.74) is 5.86. The Kier molecular flexibility index (Phi) is 5.39. The lowest BCUT2D eigenvalue weighted by atomic mass is 9.94. The van der Waals surface area contributed by atoms with Crippen LogP contribution in [0.15, 0.2) is 0 Å². The quantitative estimate of drug-likeness (QED) is 0.818. The summed E-state index contributed by atoms with van der Waals surface area (Å²) in [6.07, 6.45) is 6.73. The Morgan fingerprint density at radius 1 is 1.26 bits per heavy atom. The summed E-state index contributed by atoms with van der Waals surface area (Å²) in [7, 11) is -0.728. The van der Waals surface area contributed by atoms with E-state index in [-0.39, 0.29) is 29.2 Å². The van der Waals surface area contributed by atoms with Gasteiger partial charge in [0.05, 0.1) is 0 Å². The molecule has 5 unspecified atom stereocenters. The molecular weight excluding hydrogens is 260 g/mol. The van der Waals surface area contributed by atoms with E-state index in [1.807, 2.05) is 6.92 Å². The first kappa shape index (κ1) is 15.0. The maximum Gasteiger partial charge on any atom is 0.223 e. The van der Waals surface area contributed by atoms with Crippen molar-refractivity contribution >= 4 is 16.7 Å². The molecule has 19 heavy (non-hydrogen) atoms. The highest BCUT2D eigenvalue weighted by molar-refractivity contribution is 7.85. The van der Waals surface area contributed by atoms with Crippen LogP contribution in [-0.2, 0) is 15.6 Å². The number of amides is 1. The smallest absolute Gasteiger partial charge is 0.223 e. The number of hydrogen-bond acceptors (Lipinski definition) is 3. The molecular formula is C14H26N2O2S. The minimum Gasteiger partial charge on any atom is -0.353 e. The summed E-state index contributed by atoms with van der Waals surface area (Å²) in [6, 6.07) is 0.418. The monoisotopic (exact) mass is 286 g/mol. The van der Waals surface area contributed by atoms with Gasteiger partial charge in [-0.25, -0.2) is 0 Å². The zero-order valence-corrected chi connectivity index (χ0v) is 12.6. The zero-order chi connectivity index (χ0) is 13.8. The van der Waals surface area contributed by atoms with Crippen LogP contribution in [0, 0.1) is 5.92 Å². The van der Waals surface area contributed by atoms with Crippen molar-refractivity contribution in [2.75, 3.05) is 5.75 Å². The van der Waals surface area contributed by atoms with Crippen LogP contribution in [0.2, 0.25) is 0 Å². The molecule has 0 aromatic heterocycles. The van der Waals surface area contributed by atoms with Crippen LogP contribution >= 0.6 is 0 Å². The van der Waals surface area contributed by atoms with Gasteiger partial charge in [-0.05, 0) is 38.5 Å². The fourth-order valence-corrected chi connectivity index (χ4v) is 4.67. The highest BCUT2D eigenvalue weighted by atomic mass is 32.2. The van der Waals surface area contributed by atoms with Gasteiger partial charge in [-0.1, -0.05) is 13.3 Å². The Labute approximate surface area is 118 Å². The lowest BCUT2D eigenvalue weighted by Crippen LogP contribution is -2.43. The first-order chi connectivity index (χ1) is 9.10. The number of nitrogens with two attached hydrogens (primary N) is 1. The van der Waals surface area contributed by atoms with E-state index in [0.717, 1.165) is 50.7 Å². The van der Waals surface area contributed by atoms with Crippen LogP contribution in [-0.4, -0.2) is 33.2 Å². The molecule has 2 saturated carbocycles. The van der Waals surface area contributed by atoms with Crippen molar-refractivity contribution < 1.29 is 9.00 Å². The molecule has 0 aromatic rings. The third-order valence-electron chi connectivity index (χ3n) is 4.47. The van der Waals surface area contributed by atoms with Gasteiger partial charge in [-0.3, -0.25) is 9.00 Å². The van der Waals surface area contributed by atoms with Gasteiger partial charge in [0.15, 0.2) is 0 Å². The summed E-state index contributed by atoms with van der Waals surface area (Å²) < 4.78 is 11.9. The third kappa shape index (κ3) is 4.02. The molecule has 0 spiro atoms. The van der Waals surface area contributed by atoms with Gasteiger partial charge in [-0.2, -0.15) is 0 Å². The normalized spacial score (nSPS) is 36.9. The topological polar surface area (TPSA) is 72.2 Å². The van der Waals surface area contributed by atoms with Crippen LogP contribution in [0.5, 0.6) is 0 Å². The summed E-state index contributed by atoms with van der Waals surface area (Å²) in [5.74, 6) is 0.996. The van der Waals surface area contributed by atoms with Crippen molar-refractivity contribution in [3.05, 3.63) is 0 Å². The average Bonchev–Trinajstić information content (AvgIpc) is 2.85. The van der Waals surface area contributed by atoms with Crippen molar-refractivity contribution in [1.29, 1.82) is 0 Å². The van der Waals surface area contributed by atoms with Crippen molar-refractivity contribution in [2.24, 2.45) is 11.7 Å². The molecule has 2 aliphatic carbocycles.